The maximum Gasteiger partial charge on any atom is 0.500 e. The largest absolute Gasteiger partial charge is 0.500 e. The minimum Gasteiger partial charge on any atom is -0.377 e. The van der Waals surface area contributed by atoms with Gasteiger partial charge >= 0.3 is 8.80 Å². The highest BCUT2D eigenvalue weighted by Gasteiger charge is 2.36. The molecular weight excluding hydrogens is 186 g/mol. The monoisotopic (exact) mass is 203 g/mol. The van der Waals surface area contributed by atoms with E-state index >= 15 is 0 Å². The standard InChI is InChI=1S/C8H17NO3Si/c1-5-9-7-6-8-13(10-2,11-3)12-4/h1,6-8H2,2-4H3. The van der Waals surface area contributed by atoms with Crippen LogP contribution in [0.5, 0.6) is 0 Å². The second kappa shape index (κ2) is 7.00. The molecule has 76 valence electrons. The molecule has 0 N–H and O–H groups in total. The molecule has 13 heavy (non-hydrogen) atoms. The molecule has 0 aliphatic heterocycles. The molecule has 4 nitrogen and oxygen atoms in total. The van der Waals surface area contributed by atoms with E-state index in [9.17, 15) is 0 Å². The van der Waals surface area contributed by atoms with Crippen LogP contribution in [-0.4, -0.2) is 42.5 Å². The van der Waals surface area contributed by atoms with Crippen LogP contribution in [0.25, 0.3) is 0 Å². The molecule has 0 saturated carbocycles. The van der Waals surface area contributed by atoms with E-state index in [0.29, 0.717) is 6.54 Å². The molecule has 0 unspecified atom stereocenters. The Kier molecular flexibility index (Phi) is 6.76. The van der Waals surface area contributed by atoms with Crippen LogP contribution >= 0.6 is 0 Å². The first-order valence-electron chi connectivity index (χ1n) is 4.08. The van der Waals surface area contributed by atoms with Crippen LogP contribution in [-0.2, 0) is 13.3 Å². The van der Waals surface area contributed by atoms with Crippen molar-refractivity contribution in [3.05, 3.63) is 6.58 Å². The summed E-state index contributed by atoms with van der Waals surface area (Å²) >= 11 is 0. The Morgan fingerprint density at radius 2 is 1.77 bits per heavy atom. The van der Waals surface area contributed by atoms with Gasteiger partial charge < -0.3 is 13.3 Å². The zero-order valence-electron chi connectivity index (χ0n) is 8.50. The quantitative estimate of drug-likeness (QED) is 0.353. The fourth-order valence-corrected chi connectivity index (χ4v) is 2.71. The minimum absolute atomic E-state index is 0.689. The number of hydrogen-bond acceptors (Lipinski definition) is 4. The van der Waals surface area contributed by atoms with Crippen molar-refractivity contribution < 1.29 is 13.3 Å². The van der Waals surface area contributed by atoms with Gasteiger partial charge in [-0.1, -0.05) is 0 Å². The molecule has 0 radical (unpaired) electrons. The lowest BCUT2D eigenvalue weighted by atomic mass is 10.5. The lowest BCUT2D eigenvalue weighted by Crippen LogP contribution is -2.42. The van der Waals surface area contributed by atoms with Gasteiger partial charge in [-0.3, -0.25) is 0 Å². The molecule has 0 aliphatic rings. The average molecular weight is 203 g/mol. The van der Waals surface area contributed by atoms with E-state index in [1.54, 1.807) is 21.3 Å². The molecule has 0 fully saturated rings. The van der Waals surface area contributed by atoms with Crippen molar-refractivity contribution in [3.63, 3.8) is 0 Å². The number of rotatable bonds is 7. The van der Waals surface area contributed by atoms with Crippen LogP contribution in [0.4, 0.5) is 0 Å². The lowest BCUT2D eigenvalue weighted by Gasteiger charge is -2.23. The third kappa shape index (κ3) is 4.35. The van der Waals surface area contributed by atoms with Crippen LogP contribution in [0.1, 0.15) is 6.42 Å². The molecular formula is C8H17NO3Si. The molecule has 0 bridgehead atoms. The van der Waals surface area contributed by atoms with Crippen molar-refractivity contribution in [2.45, 2.75) is 12.5 Å². The summed E-state index contributed by atoms with van der Waals surface area (Å²) in [5.74, 6) is 2.48. The lowest BCUT2D eigenvalue weighted by molar-refractivity contribution is 0.123. The third-order valence-corrected chi connectivity index (χ3v) is 4.63. The smallest absolute Gasteiger partial charge is 0.377 e. The minimum atomic E-state index is -2.38. The highest BCUT2D eigenvalue weighted by Crippen LogP contribution is 2.14. The van der Waals surface area contributed by atoms with Gasteiger partial charge in [0, 0.05) is 33.9 Å². The van der Waals surface area contributed by atoms with Crippen LogP contribution in [0, 0.1) is 0 Å². The van der Waals surface area contributed by atoms with Gasteiger partial charge in [0.15, 0.2) is 0 Å². The summed E-state index contributed by atoms with van der Waals surface area (Å²) in [6, 6.07) is 0.766. The zero-order valence-corrected chi connectivity index (χ0v) is 9.50. The van der Waals surface area contributed by atoms with Crippen LogP contribution in [0.15, 0.2) is 11.6 Å². The van der Waals surface area contributed by atoms with Gasteiger partial charge in [-0.25, -0.2) is 4.99 Å². The molecule has 0 amide bonds. The maximum absolute atomic E-state index is 5.23. The first kappa shape index (κ1) is 12.5. The molecule has 0 atom stereocenters. The predicted molar refractivity (Wildman–Crippen MR) is 54.1 cm³/mol. The van der Waals surface area contributed by atoms with Gasteiger partial charge in [0.1, 0.15) is 0 Å². The van der Waals surface area contributed by atoms with Gasteiger partial charge in [-0.2, -0.15) is 0 Å². The molecule has 0 saturated heterocycles. The summed E-state index contributed by atoms with van der Waals surface area (Å²) in [6.07, 6.45) is 0.865. The Bertz CT molecular complexity index is 168. The molecule has 0 aromatic rings. The summed E-state index contributed by atoms with van der Waals surface area (Å²) in [5.41, 5.74) is 0. The van der Waals surface area contributed by atoms with Crippen molar-refractivity contribution >= 4 is 14.7 Å². The van der Waals surface area contributed by atoms with Crippen molar-refractivity contribution in [1.29, 1.82) is 0 Å². The molecule has 0 aliphatic carbocycles. The van der Waals surface area contributed by atoms with Crippen molar-refractivity contribution in [3.8, 4) is 0 Å². The maximum atomic E-state index is 5.23. The van der Waals surface area contributed by atoms with Gasteiger partial charge in [0.25, 0.3) is 0 Å². The van der Waals surface area contributed by atoms with Gasteiger partial charge in [0.2, 0.25) is 0 Å². The molecule has 0 aromatic carbocycles. The number of aliphatic imine (C=N–C) groups is 1. The SMILES string of the molecule is C=C=NCCC[Si](OC)(OC)OC. The Morgan fingerprint density at radius 3 is 2.15 bits per heavy atom. The summed E-state index contributed by atoms with van der Waals surface area (Å²) in [4.78, 5) is 3.87. The van der Waals surface area contributed by atoms with Crippen molar-refractivity contribution in [2.75, 3.05) is 27.9 Å². The Labute approximate surface area is 80.6 Å². The Morgan fingerprint density at radius 1 is 1.23 bits per heavy atom. The number of hydrogen-bond donors (Lipinski definition) is 0. The molecule has 0 aromatic heterocycles. The molecule has 5 heteroatoms. The molecule has 0 spiro atoms. The summed E-state index contributed by atoms with van der Waals surface area (Å²) in [7, 11) is 2.45. The number of nitrogens with zero attached hydrogens (tertiary/aromatic N) is 1. The van der Waals surface area contributed by atoms with Crippen molar-refractivity contribution in [1.82, 2.24) is 0 Å². The van der Waals surface area contributed by atoms with Gasteiger partial charge in [-0.05, 0) is 18.9 Å². The second-order valence-corrected chi connectivity index (χ2v) is 5.53. The first-order chi connectivity index (χ1) is 6.24. The van der Waals surface area contributed by atoms with E-state index in [-0.39, 0.29) is 0 Å². The highest BCUT2D eigenvalue weighted by atomic mass is 28.4. The second-order valence-electron chi connectivity index (χ2n) is 2.44. The van der Waals surface area contributed by atoms with E-state index in [2.05, 4.69) is 17.4 Å². The zero-order chi connectivity index (χ0) is 10.2. The van der Waals surface area contributed by atoms with E-state index in [1.165, 1.54) is 0 Å². The summed E-state index contributed by atoms with van der Waals surface area (Å²) in [6.45, 7) is 4.07. The summed E-state index contributed by atoms with van der Waals surface area (Å²) < 4.78 is 15.7. The van der Waals surface area contributed by atoms with Crippen LogP contribution in [0.3, 0.4) is 0 Å². The van der Waals surface area contributed by atoms with Gasteiger partial charge in [-0.15, -0.1) is 0 Å². The fourth-order valence-electron chi connectivity index (χ4n) is 1.01. The van der Waals surface area contributed by atoms with E-state index in [0.717, 1.165) is 12.5 Å². The first-order valence-corrected chi connectivity index (χ1v) is 6.02. The highest BCUT2D eigenvalue weighted by molar-refractivity contribution is 6.60. The van der Waals surface area contributed by atoms with E-state index in [1.807, 2.05) is 0 Å². The Hall–Kier alpha value is -0.453. The van der Waals surface area contributed by atoms with Crippen LogP contribution < -0.4 is 0 Å². The van der Waals surface area contributed by atoms with Gasteiger partial charge in [0.05, 0.1) is 0 Å². The molecule has 0 heterocycles. The molecule has 0 rings (SSSR count). The fraction of sp³-hybridized carbons (Fsp3) is 0.750. The predicted octanol–water partition coefficient (Wildman–Crippen LogP) is 1.11. The van der Waals surface area contributed by atoms with Crippen LogP contribution in [0.2, 0.25) is 6.04 Å². The van der Waals surface area contributed by atoms with Crippen molar-refractivity contribution in [2.24, 2.45) is 4.99 Å². The van der Waals surface area contributed by atoms with E-state index in [4.69, 9.17) is 13.3 Å². The normalized spacial score (nSPS) is 11.0. The third-order valence-electron chi connectivity index (χ3n) is 1.80. The summed E-state index contributed by atoms with van der Waals surface area (Å²) in [5, 5.41) is 0. The average Bonchev–Trinajstić information content (AvgIpc) is 2.20. The Balaban J connectivity index is 3.87. The van der Waals surface area contributed by atoms with E-state index < -0.39 is 8.80 Å². The topological polar surface area (TPSA) is 40.0 Å².